The van der Waals surface area contributed by atoms with Gasteiger partial charge >= 0.3 is 5.97 Å². The molecule has 2 N–H and O–H groups in total. The van der Waals surface area contributed by atoms with Crippen LogP contribution in [0.2, 0.25) is 0 Å². The number of anilines is 1. The first kappa shape index (κ1) is 23.1. The first-order valence-corrected chi connectivity index (χ1v) is 13.0. The third kappa shape index (κ3) is 4.28. The molecule has 1 aliphatic heterocycles. The van der Waals surface area contributed by atoms with Crippen molar-refractivity contribution < 1.29 is 14.4 Å². The molecule has 1 spiro atoms. The minimum Gasteiger partial charge on any atom is -0.466 e. The summed E-state index contributed by atoms with van der Waals surface area (Å²) in [5.74, 6) is -0.111. The summed E-state index contributed by atoms with van der Waals surface area (Å²) in [5, 5.41) is 9.54. The molecule has 2 aromatic rings. The van der Waals surface area contributed by atoms with Gasteiger partial charge in [0.1, 0.15) is 5.60 Å². The number of aryl methyl sites for hydroxylation is 2. The second kappa shape index (κ2) is 9.56. The molecule has 0 bridgehead atoms. The largest absolute Gasteiger partial charge is 0.466 e. The lowest BCUT2D eigenvalue weighted by Crippen LogP contribution is -2.37. The van der Waals surface area contributed by atoms with E-state index in [4.69, 9.17) is 14.6 Å². The van der Waals surface area contributed by atoms with Crippen LogP contribution >= 0.6 is 0 Å². The average Bonchev–Trinajstić information content (AvgIpc) is 3.44. The summed E-state index contributed by atoms with van der Waals surface area (Å²) in [4.78, 5) is 23.4. The second-order valence-corrected chi connectivity index (χ2v) is 9.98. The highest BCUT2D eigenvalue weighted by Gasteiger charge is 2.42. The Hall–Kier alpha value is -2.61. The lowest BCUT2D eigenvalue weighted by molar-refractivity contribution is -0.151. The number of esters is 1. The summed E-state index contributed by atoms with van der Waals surface area (Å²) in [5.41, 5.74) is 7.87. The number of nitrogens with one attached hydrogen (secondary N) is 2. The molecular formula is C26H37N5O3. The number of carbonyl (C=O) groups is 1. The normalized spacial score (nSPS) is 25.4. The fraction of sp³-hybridized carbons (Fsp3) is 0.654. The van der Waals surface area contributed by atoms with Crippen LogP contribution in [0.5, 0.6) is 0 Å². The number of aromatic nitrogens is 3. The summed E-state index contributed by atoms with van der Waals surface area (Å²) >= 11 is 0. The van der Waals surface area contributed by atoms with Gasteiger partial charge in [-0.05, 0) is 65.4 Å². The zero-order valence-corrected chi connectivity index (χ0v) is 20.7. The zero-order chi connectivity index (χ0) is 23.7. The molecule has 0 radical (unpaired) electrons. The third-order valence-corrected chi connectivity index (χ3v) is 7.71. The fourth-order valence-electron chi connectivity index (χ4n) is 5.82. The number of hydrogen-bond acceptors (Lipinski definition) is 7. The number of nitrogens with zero attached hydrogens (tertiary/aromatic N) is 3. The number of carbonyl (C=O) groups excluding carboxylic acids is 1. The van der Waals surface area contributed by atoms with Crippen LogP contribution in [0.15, 0.2) is 12.3 Å². The van der Waals surface area contributed by atoms with Crippen LogP contribution in [0.25, 0.3) is 16.7 Å². The van der Waals surface area contributed by atoms with Crippen LogP contribution in [0, 0.1) is 12.8 Å². The van der Waals surface area contributed by atoms with Crippen LogP contribution in [0.4, 0.5) is 5.69 Å². The minimum absolute atomic E-state index is 0.0326. The van der Waals surface area contributed by atoms with Gasteiger partial charge < -0.3 is 10.1 Å². The maximum Gasteiger partial charge on any atom is 0.308 e. The number of hydrogen-bond donors (Lipinski definition) is 2. The maximum atomic E-state index is 12.2. The van der Waals surface area contributed by atoms with Crippen molar-refractivity contribution in [1.29, 1.82) is 0 Å². The molecule has 0 aromatic carbocycles. The zero-order valence-electron chi connectivity index (χ0n) is 20.7. The van der Waals surface area contributed by atoms with Gasteiger partial charge in [0.25, 0.3) is 0 Å². The lowest BCUT2D eigenvalue weighted by atomic mass is 9.78. The van der Waals surface area contributed by atoms with E-state index >= 15 is 0 Å². The molecule has 2 fully saturated rings. The monoisotopic (exact) mass is 467 g/mol. The van der Waals surface area contributed by atoms with Crippen molar-refractivity contribution in [2.75, 3.05) is 11.9 Å². The molecule has 2 saturated carbocycles. The predicted octanol–water partition coefficient (Wildman–Crippen LogP) is 4.87. The van der Waals surface area contributed by atoms with Crippen LogP contribution in [0.1, 0.15) is 82.9 Å². The maximum absolute atomic E-state index is 12.2. The molecular weight excluding hydrogens is 430 g/mol. The number of ether oxygens (including phenoxy) is 1. The van der Waals surface area contributed by atoms with Crippen molar-refractivity contribution in [1.82, 2.24) is 20.2 Å². The van der Waals surface area contributed by atoms with Gasteiger partial charge in [-0.15, -0.1) is 0 Å². The topological polar surface area (TPSA) is 90.3 Å². The second-order valence-electron chi connectivity index (χ2n) is 9.98. The van der Waals surface area contributed by atoms with E-state index in [1.807, 2.05) is 17.8 Å². The van der Waals surface area contributed by atoms with Gasteiger partial charge in [0, 0.05) is 18.2 Å². The molecule has 2 aliphatic carbocycles. The van der Waals surface area contributed by atoms with Gasteiger partial charge in [-0.2, -0.15) is 5.10 Å². The van der Waals surface area contributed by atoms with Crippen molar-refractivity contribution in [2.24, 2.45) is 5.92 Å². The Morgan fingerprint density at radius 3 is 2.71 bits per heavy atom. The molecule has 0 amide bonds. The molecule has 8 heteroatoms. The smallest absolute Gasteiger partial charge is 0.308 e. The molecule has 34 heavy (non-hydrogen) atoms. The first-order valence-electron chi connectivity index (χ1n) is 13.0. The van der Waals surface area contributed by atoms with E-state index in [1.54, 1.807) is 0 Å². The van der Waals surface area contributed by atoms with Crippen LogP contribution in [0.3, 0.4) is 0 Å². The van der Waals surface area contributed by atoms with Crippen molar-refractivity contribution in [3.8, 4) is 0 Å². The van der Waals surface area contributed by atoms with Gasteiger partial charge in [0.15, 0.2) is 5.65 Å². The van der Waals surface area contributed by atoms with Gasteiger partial charge in [-0.25, -0.2) is 9.67 Å². The SMILES string of the molecule is CCOC(=O)C1CCC2(C=C(c3c(C)nc4c(cnn4CC)c3NC3CCCCC3)NO2)CC1. The number of rotatable bonds is 6. The van der Waals surface area contributed by atoms with E-state index in [-0.39, 0.29) is 11.9 Å². The van der Waals surface area contributed by atoms with Crippen molar-refractivity contribution >= 4 is 28.4 Å². The highest BCUT2D eigenvalue weighted by molar-refractivity contribution is 5.97. The Balaban J connectivity index is 1.47. The molecule has 3 heterocycles. The van der Waals surface area contributed by atoms with E-state index in [0.29, 0.717) is 12.6 Å². The Labute approximate surface area is 201 Å². The predicted molar refractivity (Wildman–Crippen MR) is 132 cm³/mol. The van der Waals surface area contributed by atoms with Crippen molar-refractivity contribution in [2.45, 2.75) is 96.7 Å². The molecule has 8 nitrogen and oxygen atoms in total. The van der Waals surface area contributed by atoms with E-state index < -0.39 is 5.60 Å². The molecule has 3 aliphatic rings. The summed E-state index contributed by atoms with van der Waals surface area (Å²) in [6.45, 7) is 7.24. The van der Waals surface area contributed by atoms with Gasteiger partial charge in [0.05, 0.1) is 41.2 Å². The number of pyridine rings is 1. The molecule has 0 saturated heterocycles. The van der Waals surface area contributed by atoms with Crippen LogP contribution < -0.4 is 10.8 Å². The third-order valence-electron chi connectivity index (χ3n) is 7.71. The van der Waals surface area contributed by atoms with Gasteiger partial charge in [-0.1, -0.05) is 19.3 Å². The van der Waals surface area contributed by atoms with Crippen LogP contribution in [-0.4, -0.2) is 39.0 Å². The number of fused-ring (bicyclic) bond motifs is 1. The quantitative estimate of drug-likeness (QED) is 0.586. The van der Waals surface area contributed by atoms with Gasteiger partial charge in [0.2, 0.25) is 0 Å². The Bertz CT molecular complexity index is 1080. The van der Waals surface area contributed by atoms with Gasteiger partial charge in [-0.3, -0.25) is 15.1 Å². The highest BCUT2D eigenvalue weighted by Crippen LogP contribution is 2.43. The van der Waals surface area contributed by atoms with Crippen molar-refractivity contribution in [3.63, 3.8) is 0 Å². The van der Waals surface area contributed by atoms with Crippen LogP contribution in [-0.2, 0) is 20.9 Å². The summed E-state index contributed by atoms with van der Waals surface area (Å²) in [7, 11) is 0. The van der Waals surface area contributed by atoms with E-state index in [0.717, 1.165) is 65.9 Å². The number of hydroxylamine groups is 1. The Morgan fingerprint density at radius 2 is 2.00 bits per heavy atom. The van der Waals surface area contributed by atoms with E-state index in [2.05, 4.69) is 35.8 Å². The Morgan fingerprint density at radius 1 is 1.24 bits per heavy atom. The molecule has 0 unspecified atom stereocenters. The minimum atomic E-state index is -0.393. The Kier molecular flexibility index (Phi) is 6.51. The lowest BCUT2D eigenvalue weighted by Gasteiger charge is -2.33. The molecule has 5 rings (SSSR count). The van der Waals surface area contributed by atoms with E-state index in [1.165, 1.54) is 32.1 Å². The summed E-state index contributed by atoms with van der Waals surface area (Å²) in [6, 6.07) is 0.458. The first-order chi connectivity index (χ1) is 16.5. The van der Waals surface area contributed by atoms with Crippen molar-refractivity contribution in [3.05, 3.63) is 23.5 Å². The summed E-state index contributed by atoms with van der Waals surface area (Å²) < 4.78 is 7.20. The fourth-order valence-corrected chi connectivity index (χ4v) is 5.82. The summed E-state index contributed by atoms with van der Waals surface area (Å²) in [6.07, 6.45) is 13.5. The highest BCUT2D eigenvalue weighted by atomic mass is 16.7. The molecule has 0 atom stereocenters. The van der Waals surface area contributed by atoms with E-state index in [9.17, 15) is 4.79 Å². The average molecular weight is 468 g/mol. The molecule has 2 aromatic heterocycles. The molecule has 184 valence electrons. The standard InChI is InChI=1S/C26H37N5O3/c1-4-31-24-20(16-27-31)23(29-19-9-7-6-8-10-19)22(17(3)28-24)21-15-26(34-30-21)13-11-18(12-14-26)25(32)33-5-2/h15-16,18-19,30H,4-14H2,1-3H3,(H,28,29).